The van der Waals surface area contributed by atoms with E-state index in [9.17, 15) is 5.11 Å². The molecule has 1 unspecified atom stereocenters. The van der Waals surface area contributed by atoms with Crippen LogP contribution >= 0.6 is 11.3 Å². The summed E-state index contributed by atoms with van der Waals surface area (Å²) in [6.07, 6.45) is 1.19. The lowest BCUT2D eigenvalue weighted by atomic mass is 10.1. The number of aromatic nitrogens is 2. The molecule has 80 valence electrons. The van der Waals surface area contributed by atoms with Gasteiger partial charge in [-0.05, 0) is 26.0 Å². The van der Waals surface area contributed by atoms with Gasteiger partial charge in [0.1, 0.15) is 6.10 Å². The minimum atomic E-state index is -0.544. The molecule has 2 heterocycles. The van der Waals surface area contributed by atoms with Gasteiger partial charge in [-0.25, -0.2) is 0 Å². The van der Waals surface area contributed by atoms with E-state index >= 15 is 0 Å². The molecular weight excluding hydrogens is 208 g/mol. The van der Waals surface area contributed by atoms with Crippen LogP contribution in [-0.2, 0) is 7.05 Å². The van der Waals surface area contributed by atoms with Gasteiger partial charge in [-0.1, -0.05) is 0 Å². The first kappa shape index (κ1) is 10.4. The molecule has 0 saturated carbocycles. The first-order valence-corrected chi connectivity index (χ1v) is 5.64. The molecule has 0 amide bonds. The van der Waals surface area contributed by atoms with Crippen LogP contribution in [0.2, 0.25) is 0 Å². The summed E-state index contributed by atoms with van der Waals surface area (Å²) < 4.78 is 1.78. The first-order chi connectivity index (χ1) is 7.09. The Hall–Kier alpha value is -1.13. The fraction of sp³-hybridized carbons (Fsp3) is 0.364. The fourth-order valence-corrected chi connectivity index (χ4v) is 2.42. The van der Waals surface area contributed by atoms with Crippen molar-refractivity contribution in [3.63, 3.8) is 0 Å². The number of aryl methyl sites for hydroxylation is 2. The maximum Gasteiger partial charge on any atom is 0.116 e. The van der Waals surface area contributed by atoms with Gasteiger partial charge in [-0.2, -0.15) is 5.10 Å². The predicted octanol–water partition coefficient (Wildman–Crippen LogP) is 2.18. The van der Waals surface area contributed by atoms with Gasteiger partial charge in [-0.15, -0.1) is 11.3 Å². The van der Waals surface area contributed by atoms with Crippen molar-refractivity contribution in [1.29, 1.82) is 0 Å². The summed E-state index contributed by atoms with van der Waals surface area (Å²) in [6, 6.07) is 3.99. The number of nitrogens with zero attached hydrogens (tertiary/aromatic N) is 2. The van der Waals surface area contributed by atoms with Crippen LogP contribution in [0.25, 0.3) is 0 Å². The van der Waals surface area contributed by atoms with Crippen LogP contribution in [0, 0.1) is 13.8 Å². The molecule has 0 spiro atoms. The second kappa shape index (κ2) is 3.79. The molecule has 0 aliphatic heterocycles. The Labute approximate surface area is 93.0 Å². The van der Waals surface area contributed by atoms with E-state index in [1.807, 2.05) is 33.0 Å². The minimum Gasteiger partial charge on any atom is -0.383 e. The van der Waals surface area contributed by atoms with Crippen molar-refractivity contribution < 1.29 is 5.11 Å². The molecule has 3 nitrogen and oxygen atoms in total. The Kier molecular flexibility index (Phi) is 2.63. The van der Waals surface area contributed by atoms with Crippen LogP contribution in [0.15, 0.2) is 18.3 Å². The second-order valence-corrected chi connectivity index (χ2v) is 4.98. The molecule has 0 aliphatic carbocycles. The number of aliphatic hydroxyl groups excluding tert-OH is 1. The zero-order valence-electron chi connectivity index (χ0n) is 9.06. The average molecular weight is 222 g/mol. The molecule has 4 heteroatoms. The first-order valence-electron chi connectivity index (χ1n) is 4.82. The van der Waals surface area contributed by atoms with Crippen LogP contribution in [0.3, 0.4) is 0 Å². The lowest BCUT2D eigenvalue weighted by Crippen LogP contribution is -2.00. The Balaban J connectivity index is 2.36. The molecule has 2 aromatic rings. The monoisotopic (exact) mass is 222 g/mol. The van der Waals surface area contributed by atoms with Gasteiger partial charge in [0.25, 0.3) is 0 Å². The van der Waals surface area contributed by atoms with Crippen LogP contribution in [0.5, 0.6) is 0 Å². The van der Waals surface area contributed by atoms with E-state index in [0.717, 1.165) is 16.1 Å². The molecule has 0 bridgehead atoms. The quantitative estimate of drug-likeness (QED) is 0.845. The zero-order valence-corrected chi connectivity index (χ0v) is 9.88. The number of hydrogen-bond acceptors (Lipinski definition) is 3. The largest absolute Gasteiger partial charge is 0.383 e. The van der Waals surface area contributed by atoms with Crippen molar-refractivity contribution >= 4 is 11.3 Å². The van der Waals surface area contributed by atoms with Crippen LogP contribution in [-0.4, -0.2) is 14.9 Å². The molecular formula is C11H14N2OS. The van der Waals surface area contributed by atoms with Crippen LogP contribution < -0.4 is 0 Å². The van der Waals surface area contributed by atoms with Crippen molar-refractivity contribution in [3.8, 4) is 0 Å². The third kappa shape index (κ3) is 1.82. The molecule has 0 aromatic carbocycles. The van der Waals surface area contributed by atoms with Crippen molar-refractivity contribution in [2.75, 3.05) is 0 Å². The van der Waals surface area contributed by atoms with Crippen molar-refractivity contribution in [2.24, 2.45) is 7.05 Å². The van der Waals surface area contributed by atoms with E-state index in [2.05, 4.69) is 5.10 Å². The molecule has 0 fully saturated rings. The third-order valence-electron chi connectivity index (χ3n) is 2.60. The summed E-state index contributed by atoms with van der Waals surface area (Å²) in [4.78, 5) is 2.19. The summed E-state index contributed by atoms with van der Waals surface area (Å²) in [7, 11) is 1.88. The summed E-state index contributed by atoms with van der Waals surface area (Å²) in [6.45, 7) is 4.00. The second-order valence-electron chi connectivity index (χ2n) is 3.66. The van der Waals surface area contributed by atoms with Gasteiger partial charge in [0.05, 0.1) is 6.20 Å². The van der Waals surface area contributed by atoms with Crippen molar-refractivity contribution in [2.45, 2.75) is 20.0 Å². The summed E-state index contributed by atoms with van der Waals surface area (Å²) in [5, 5.41) is 14.3. The third-order valence-corrected chi connectivity index (χ3v) is 3.65. The standard InChI is InChI=1S/C11H14N2OS/c1-7-4-5-10(15-7)11(14)9-6-12-13(3)8(9)2/h4-6,11,14H,1-3H3. The van der Waals surface area contributed by atoms with E-state index in [4.69, 9.17) is 0 Å². The number of aliphatic hydroxyl groups is 1. The van der Waals surface area contributed by atoms with Gasteiger partial charge >= 0.3 is 0 Å². The number of thiophene rings is 1. The molecule has 0 aliphatic rings. The van der Waals surface area contributed by atoms with Crippen molar-refractivity contribution in [3.05, 3.63) is 39.3 Å². The fourth-order valence-electron chi connectivity index (χ4n) is 1.54. The van der Waals surface area contributed by atoms with Gasteiger partial charge < -0.3 is 5.11 Å². The van der Waals surface area contributed by atoms with Gasteiger partial charge in [0, 0.05) is 28.1 Å². The highest BCUT2D eigenvalue weighted by Gasteiger charge is 2.17. The highest BCUT2D eigenvalue weighted by Crippen LogP contribution is 2.29. The Morgan fingerprint density at radius 3 is 2.60 bits per heavy atom. The minimum absolute atomic E-state index is 0.544. The van der Waals surface area contributed by atoms with E-state index in [1.54, 1.807) is 22.2 Å². The Morgan fingerprint density at radius 1 is 1.40 bits per heavy atom. The summed E-state index contributed by atoms with van der Waals surface area (Å²) >= 11 is 1.62. The summed E-state index contributed by atoms with van der Waals surface area (Å²) in [5.74, 6) is 0. The molecule has 0 radical (unpaired) electrons. The molecule has 15 heavy (non-hydrogen) atoms. The zero-order chi connectivity index (χ0) is 11.0. The molecule has 1 N–H and O–H groups in total. The Morgan fingerprint density at radius 2 is 2.13 bits per heavy atom. The van der Waals surface area contributed by atoms with Gasteiger partial charge in [-0.3, -0.25) is 4.68 Å². The smallest absolute Gasteiger partial charge is 0.116 e. The van der Waals surface area contributed by atoms with Gasteiger partial charge in [0.15, 0.2) is 0 Å². The van der Waals surface area contributed by atoms with Crippen LogP contribution in [0.4, 0.5) is 0 Å². The van der Waals surface area contributed by atoms with E-state index < -0.39 is 6.10 Å². The molecule has 0 saturated heterocycles. The van der Waals surface area contributed by atoms with E-state index in [1.165, 1.54) is 4.88 Å². The summed E-state index contributed by atoms with van der Waals surface area (Å²) in [5.41, 5.74) is 1.90. The molecule has 2 rings (SSSR count). The maximum absolute atomic E-state index is 10.2. The highest BCUT2D eigenvalue weighted by atomic mass is 32.1. The number of rotatable bonds is 2. The lowest BCUT2D eigenvalue weighted by molar-refractivity contribution is 0.223. The number of hydrogen-bond donors (Lipinski definition) is 1. The average Bonchev–Trinajstić information content (AvgIpc) is 2.75. The molecule has 2 aromatic heterocycles. The maximum atomic E-state index is 10.2. The van der Waals surface area contributed by atoms with Crippen LogP contribution in [0.1, 0.15) is 27.1 Å². The highest BCUT2D eigenvalue weighted by molar-refractivity contribution is 7.12. The van der Waals surface area contributed by atoms with Gasteiger partial charge in [0.2, 0.25) is 0 Å². The Bertz CT molecular complexity index is 473. The van der Waals surface area contributed by atoms with E-state index in [0.29, 0.717) is 0 Å². The normalized spacial score (nSPS) is 13.1. The van der Waals surface area contributed by atoms with E-state index in [-0.39, 0.29) is 0 Å². The predicted molar refractivity (Wildman–Crippen MR) is 61.1 cm³/mol. The topological polar surface area (TPSA) is 38.1 Å². The van der Waals surface area contributed by atoms with Crippen molar-refractivity contribution in [1.82, 2.24) is 9.78 Å². The molecule has 1 atom stereocenters. The lowest BCUT2D eigenvalue weighted by Gasteiger charge is -2.07. The SMILES string of the molecule is Cc1ccc(C(O)c2cnn(C)c2C)s1.